The minimum atomic E-state index is -0.521. The summed E-state index contributed by atoms with van der Waals surface area (Å²) < 4.78 is 11.8. The Labute approximate surface area is 197 Å². The summed E-state index contributed by atoms with van der Waals surface area (Å²) in [5, 5.41) is 8.59. The largest absolute Gasteiger partial charge is 0.465 e. The number of methoxy groups -OCH3 is 2. The van der Waals surface area contributed by atoms with Gasteiger partial charge in [0, 0.05) is 50.5 Å². The number of nitrogens with zero attached hydrogens (tertiary/aromatic N) is 4. The van der Waals surface area contributed by atoms with Crippen LogP contribution in [0.1, 0.15) is 43.8 Å². The summed E-state index contributed by atoms with van der Waals surface area (Å²) >= 11 is 6.76. The van der Waals surface area contributed by atoms with Gasteiger partial charge in [-0.1, -0.05) is 0 Å². The lowest BCUT2D eigenvalue weighted by atomic mass is 10.1. The van der Waals surface area contributed by atoms with E-state index in [0.29, 0.717) is 26.1 Å². The van der Waals surface area contributed by atoms with E-state index in [1.165, 1.54) is 25.5 Å². The molecule has 1 fully saturated rings. The zero-order valence-corrected chi connectivity index (χ0v) is 20.7. The third kappa shape index (κ3) is 4.94. The summed E-state index contributed by atoms with van der Waals surface area (Å²) in [6.07, 6.45) is 1.95. The summed E-state index contributed by atoms with van der Waals surface area (Å²) in [5.41, 5.74) is 3.28. The van der Waals surface area contributed by atoms with Gasteiger partial charge in [0.15, 0.2) is 5.11 Å². The van der Waals surface area contributed by atoms with Crippen molar-refractivity contribution in [2.75, 3.05) is 45.7 Å². The number of aromatic nitrogens is 2. The monoisotopic (exact) mass is 479 g/mol. The Morgan fingerprint density at radius 2 is 1.81 bits per heavy atom. The number of ether oxygens (including phenoxy) is 2. The highest BCUT2D eigenvalue weighted by atomic mass is 32.1. The molecule has 2 aromatic heterocycles. The van der Waals surface area contributed by atoms with Gasteiger partial charge in [-0.25, -0.2) is 9.59 Å². The van der Waals surface area contributed by atoms with Crippen molar-refractivity contribution in [1.82, 2.24) is 19.6 Å². The van der Waals surface area contributed by atoms with Gasteiger partial charge in [0.25, 0.3) is 0 Å². The Bertz CT molecular complexity index is 1010. The molecule has 0 amide bonds. The summed E-state index contributed by atoms with van der Waals surface area (Å²) in [5.74, 6) is -1.01. The zero-order chi connectivity index (χ0) is 23.4. The second kappa shape index (κ2) is 10.4. The van der Waals surface area contributed by atoms with Gasteiger partial charge in [-0.05, 0) is 38.6 Å². The summed E-state index contributed by atoms with van der Waals surface area (Å²) in [4.78, 5) is 29.2. The van der Waals surface area contributed by atoms with Crippen LogP contribution in [0.4, 0.5) is 5.00 Å². The van der Waals surface area contributed by atoms with Crippen molar-refractivity contribution in [2.45, 2.75) is 33.9 Å². The Morgan fingerprint density at radius 1 is 1.16 bits per heavy atom. The van der Waals surface area contributed by atoms with Crippen LogP contribution in [0.2, 0.25) is 0 Å². The fraction of sp³-hybridized carbons (Fsp3) is 0.524. The van der Waals surface area contributed by atoms with Gasteiger partial charge in [0.1, 0.15) is 9.88 Å². The van der Waals surface area contributed by atoms with Gasteiger partial charge in [-0.2, -0.15) is 5.10 Å². The lowest BCUT2D eigenvalue weighted by Gasteiger charge is -2.36. The highest BCUT2D eigenvalue weighted by Gasteiger charge is 2.28. The van der Waals surface area contributed by atoms with E-state index in [9.17, 15) is 9.59 Å². The van der Waals surface area contributed by atoms with Crippen molar-refractivity contribution in [3.63, 3.8) is 0 Å². The molecule has 0 aliphatic carbocycles. The molecule has 0 unspecified atom stereocenters. The maximum atomic E-state index is 12.3. The number of thiophene rings is 1. The van der Waals surface area contributed by atoms with Crippen molar-refractivity contribution in [2.24, 2.45) is 0 Å². The number of thiocarbonyl (C=S) groups is 1. The molecule has 174 valence electrons. The normalized spacial score (nSPS) is 14.3. The fourth-order valence-corrected chi connectivity index (χ4v) is 5.18. The molecule has 11 heteroatoms. The van der Waals surface area contributed by atoms with E-state index in [4.69, 9.17) is 21.7 Å². The topological polar surface area (TPSA) is 88.9 Å². The summed E-state index contributed by atoms with van der Waals surface area (Å²) in [6.45, 7) is 10.9. The molecule has 0 spiro atoms. The van der Waals surface area contributed by atoms with Crippen LogP contribution in [0.15, 0.2) is 6.20 Å². The van der Waals surface area contributed by atoms with Gasteiger partial charge < -0.3 is 19.7 Å². The molecule has 1 N–H and O–H groups in total. The minimum Gasteiger partial charge on any atom is -0.465 e. The summed E-state index contributed by atoms with van der Waals surface area (Å²) in [7, 11) is 2.62. The first-order valence-electron chi connectivity index (χ1n) is 10.4. The third-order valence-corrected chi connectivity index (χ3v) is 7.23. The molecule has 1 saturated heterocycles. The standard InChI is InChI=1S/C21H29N5O4S2/c1-6-26-14(3)15(11-22-26)12-24-7-9-25(10-8-24)21(31)23-18-16(19(27)29-4)13(2)17(32-18)20(28)30-5/h11H,6-10,12H2,1-5H3,(H,23,31). The molecule has 32 heavy (non-hydrogen) atoms. The van der Waals surface area contributed by atoms with Crippen LogP contribution in [-0.2, 0) is 22.6 Å². The van der Waals surface area contributed by atoms with E-state index in [0.717, 1.165) is 50.6 Å². The SMILES string of the molecule is CCn1ncc(CN2CCN(C(=S)Nc3sc(C(=O)OC)c(C)c3C(=O)OC)CC2)c1C. The molecule has 0 bridgehead atoms. The minimum absolute atomic E-state index is 0.308. The summed E-state index contributed by atoms with van der Waals surface area (Å²) in [6, 6.07) is 0. The zero-order valence-electron chi connectivity index (χ0n) is 19.1. The van der Waals surface area contributed by atoms with Crippen LogP contribution >= 0.6 is 23.6 Å². The van der Waals surface area contributed by atoms with E-state index in [2.05, 4.69) is 34.1 Å². The van der Waals surface area contributed by atoms with Gasteiger partial charge in [0.2, 0.25) is 0 Å². The first-order valence-corrected chi connectivity index (χ1v) is 11.6. The maximum Gasteiger partial charge on any atom is 0.348 e. The number of rotatable bonds is 6. The molecular weight excluding hydrogens is 450 g/mol. The Kier molecular flexibility index (Phi) is 7.86. The van der Waals surface area contributed by atoms with Crippen LogP contribution in [0.25, 0.3) is 0 Å². The number of carbonyl (C=O) groups excluding carboxylic acids is 2. The Hall–Kier alpha value is -2.50. The highest BCUT2D eigenvalue weighted by molar-refractivity contribution is 7.80. The number of anilines is 1. The molecule has 0 atom stereocenters. The van der Waals surface area contributed by atoms with E-state index in [1.54, 1.807) is 6.92 Å². The molecule has 0 saturated carbocycles. The number of nitrogens with one attached hydrogen (secondary N) is 1. The maximum absolute atomic E-state index is 12.3. The van der Waals surface area contributed by atoms with Crippen LogP contribution in [0, 0.1) is 13.8 Å². The van der Waals surface area contributed by atoms with E-state index < -0.39 is 11.9 Å². The van der Waals surface area contributed by atoms with Crippen molar-refractivity contribution < 1.29 is 19.1 Å². The van der Waals surface area contributed by atoms with Gasteiger partial charge in [0.05, 0.1) is 26.0 Å². The molecule has 9 nitrogen and oxygen atoms in total. The van der Waals surface area contributed by atoms with E-state index >= 15 is 0 Å². The van der Waals surface area contributed by atoms with Crippen LogP contribution in [-0.4, -0.2) is 77.0 Å². The molecule has 0 aromatic carbocycles. The molecule has 3 rings (SSSR count). The second-order valence-corrected chi connectivity index (χ2v) is 8.92. The first-order chi connectivity index (χ1) is 15.3. The van der Waals surface area contributed by atoms with Gasteiger partial charge in [-0.15, -0.1) is 11.3 Å². The Balaban J connectivity index is 1.65. The number of piperazine rings is 1. The third-order valence-electron chi connectivity index (χ3n) is 5.69. The average molecular weight is 480 g/mol. The van der Waals surface area contributed by atoms with Gasteiger partial charge in [-0.3, -0.25) is 9.58 Å². The molecule has 2 aromatic rings. The molecule has 0 radical (unpaired) electrons. The smallest absolute Gasteiger partial charge is 0.348 e. The molecule has 3 heterocycles. The van der Waals surface area contributed by atoms with Crippen molar-refractivity contribution in [3.8, 4) is 0 Å². The Morgan fingerprint density at radius 3 is 2.38 bits per heavy atom. The number of aryl methyl sites for hydroxylation is 1. The average Bonchev–Trinajstić information content (AvgIpc) is 3.32. The van der Waals surface area contributed by atoms with Crippen LogP contribution in [0.3, 0.4) is 0 Å². The van der Waals surface area contributed by atoms with Crippen LogP contribution in [0.5, 0.6) is 0 Å². The molecule has 1 aliphatic heterocycles. The highest BCUT2D eigenvalue weighted by Crippen LogP contribution is 2.34. The lowest BCUT2D eigenvalue weighted by molar-refractivity contribution is 0.0601. The predicted molar refractivity (Wildman–Crippen MR) is 127 cm³/mol. The number of hydrogen-bond acceptors (Lipinski definition) is 8. The predicted octanol–water partition coefficient (Wildman–Crippen LogP) is 2.67. The van der Waals surface area contributed by atoms with Gasteiger partial charge >= 0.3 is 11.9 Å². The molecule has 1 aliphatic rings. The van der Waals surface area contributed by atoms with Crippen molar-refractivity contribution >= 4 is 45.6 Å². The van der Waals surface area contributed by atoms with Crippen molar-refractivity contribution in [3.05, 3.63) is 33.5 Å². The molecular formula is C21H29N5O4S2. The first kappa shape index (κ1) is 24.1. The van der Waals surface area contributed by atoms with E-state index in [-0.39, 0.29) is 0 Å². The number of carbonyl (C=O) groups is 2. The van der Waals surface area contributed by atoms with E-state index in [1.807, 2.05) is 10.9 Å². The number of esters is 2. The quantitative estimate of drug-likeness (QED) is 0.496. The number of hydrogen-bond donors (Lipinski definition) is 1. The second-order valence-electron chi connectivity index (χ2n) is 7.51. The van der Waals surface area contributed by atoms with Crippen LogP contribution < -0.4 is 5.32 Å². The lowest BCUT2D eigenvalue weighted by Crippen LogP contribution is -2.49. The van der Waals surface area contributed by atoms with Crippen molar-refractivity contribution in [1.29, 1.82) is 0 Å². The fourth-order valence-electron chi connectivity index (χ4n) is 3.72.